The maximum absolute atomic E-state index is 13.9. The number of aliphatic hydroxyl groups excluding tert-OH is 1. The van der Waals surface area contributed by atoms with Gasteiger partial charge in [0.05, 0.1) is 11.9 Å². The molecule has 0 radical (unpaired) electrons. The van der Waals surface area contributed by atoms with Gasteiger partial charge in [-0.2, -0.15) is 0 Å². The number of benzene rings is 2. The number of nitrogens with zero attached hydrogens (tertiary/aromatic N) is 2. The topological polar surface area (TPSA) is 140 Å². The summed E-state index contributed by atoms with van der Waals surface area (Å²) < 4.78 is 5.08. The number of thioether (sulfide) groups is 1. The lowest BCUT2D eigenvalue weighted by Crippen LogP contribution is -2.61. The van der Waals surface area contributed by atoms with E-state index < -0.39 is 52.2 Å². The highest BCUT2D eigenvalue weighted by Gasteiger charge is 2.50. The lowest BCUT2D eigenvalue weighted by atomic mass is 9.95. The van der Waals surface area contributed by atoms with E-state index in [9.17, 15) is 24.3 Å². The second-order valence-corrected chi connectivity index (χ2v) is 15.6. The summed E-state index contributed by atoms with van der Waals surface area (Å²) in [4.78, 5) is 57.3. The smallest absolute Gasteiger partial charge is 0.258 e. The van der Waals surface area contributed by atoms with E-state index >= 15 is 0 Å². The molecule has 4 atom stereocenters. The average molecular weight is 670 g/mol. The van der Waals surface area contributed by atoms with Gasteiger partial charge in [-0.3, -0.25) is 19.2 Å². The van der Waals surface area contributed by atoms with Crippen LogP contribution in [-0.2, 0) is 25.6 Å². The number of rotatable bonds is 13. The Kier molecular flexibility index (Phi) is 12.7. The van der Waals surface area contributed by atoms with Gasteiger partial charge >= 0.3 is 0 Å². The Morgan fingerprint density at radius 3 is 2.30 bits per heavy atom. The van der Waals surface area contributed by atoms with E-state index in [1.54, 1.807) is 19.9 Å². The lowest BCUT2D eigenvalue weighted by Gasteiger charge is -2.35. The molecule has 1 aliphatic rings. The van der Waals surface area contributed by atoms with Crippen molar-refractivity contribution in [3.63, 3.8) is 0 Å². The summed E-state index contributed by atoms with van der Waals surface area (Å²) in [7, 11) is 3.81. The third-order valence-corrected chi connectivity index (χ3v) is 9.18. The van der Waals surface area contributed by atoms with Crippen LogP contribution in [0.1, 0.15) is 54.0 Å². The summed E-state index contributed by atoms with van der Waals surface area (Å²) >= 11 is 1.45. The van der Waals surface area contributed by atoms with E-state index in [1.807, 2.05) is 102 Å². The molecule has 258 valence electrons. The summed E-state index contributed by atoms with van der Waals surface area (Å²) in [5.41, 5.74) is 1.19. The monoisotopic (exact) mass is 669 g/mol. The molecule has 0 aliphatic carbocycles. The van der Waals surface area contributed by atoms with Crippen LogP contribution in [0, 0.1) is 5.92 Å². The van der Waals surface area contributed by atoms with E-state index in [0.717, 1.165) is 11.3 Å². The second-order valence-electron chi connectivity index (χ2n) is 14.0. The lowest BCUT2D eigenvalue weighted by molar-refractivity contribution is -0.148. The van der Waals surface area contributed by atoms with E-state index in [4.69, 9.17) is 4.74 Å². The van der Waals surface area contributed by atoms with Crippen molar-refractivity contribution >= 4 is 41.1 Å². The maximum atomic E-state index is 13.9. The molecule has 0 bridgehead atoms. The standard InChI is InChI=1S/C35H51N5O6S/c1-22(2)28(37-27(41)20-46-25-17-13-16-24(19-25)39(8)9)31(43)36-26(18-23-14-11-10-12-15-23)29(42)33(45)40-21-47-35(6,7)30(40)32(44)38-34(3,4)5/h10-17,19,22,26,28-30,42H,18,20-21H2,1-9H3,(H,36,43)(H,37,41)(H,38,44)/t26-,28?,29-,30?/m0/s1. The van der Waals surface area contributed by atoms with Gasteiger partial charge in [0.25, 0.3) is 11.8 Å². The predicted molar refractivity (Wildman–Crippen MR) is 186 cm³/mol. The number of hydrogen-bond donors (Lipinski definition) is 4. The van der Waals surface area contributed by atoms with Crippen LogP contribution in [0.5, 0.6) is 5.75 Å². The van der Waals surface area contributed by atoms with Crippen molar-refractivity contribution in [2.75, 3.05) is 31.5 Å². The van der Waals surface area contributed by atoms with Gasteiger partial charge in [0, 0.05) is 36.1 Å². The molecule has 1 heterocycles. The van der Waals surface area contributed by atoms with Gasteiger partial charge in [-0.05, 0) is 64.7 Å². The van der Waals surface area contributed by atoms with Crippen LogP contribution in [0.4, 0.5) is 5.69 Å². The quantitative estimate of drug-likeness (QED) is 0.255. The Labute approximate surface area is 283 Å². The molecule has 3 rings (SSSR count). The number of carbonyl (C=O) groups excluding carboxylic acids is 4. The molecular formula is C35H51N5O6S. The minimum atomic E-state index is -1.66. The molecule has 2 unspecified atom stereocenters. The van der Waals surface area contributed by atoms with Crippen LogP contribution in [0.15, 0.2) is 54.6 Å². The van der Waals surface area contributed by atoms with Crippen molar-refractivity contribution < 1.29 is 29.0 Å². The van der Waals surface area contributed by atoms with Crippen LogP contribution in [0.3, 0.4) is 0 Å². The molecule has 0 aromatic heterocycles. The number of amides is 4. The van der Waals surface area contributed by atoms with Crippen molar-refractivity contribution in [1.82, 2.24) is 20.9 Å². The largest absolute Gasteiger partial charge is 0.484 e. The Morgan fingerprint density at radius 2 is 1.70 bits per heavy atom. The fraction of sp³-hybridized carbons (Fsp3) is 0.543. The summed E-state index contributed by atoms with van der Waals surface area (Å²) in [6.45, 7) is 12.7. The fourth-order valence-electron chi connectivity index (χ4n) is 5.33. The molecule has 1 aliphatic heterocycles. The number of hydrogen-bond acceptors (Lipinski definition) is 8. The summed E-state index contributed by atoms with van der Waals surface area (Å²) in [6, 6.07) is 13.7. The van der Waals surface area contributed by atoms with Crippen LogP contribution >= 0.6 is 11.8 Å². The summed E-state index contributed by atoms with van der Waals surface area (Å²) in [5.74, 6) is -1.60. The van der Waals surface area contributed by atoms with E-state index in [1.165, 1.54) is 16.7 Å². The summed E-state index contributed by atoms with van der Waals surface area (Å²) in [5, 5.41) is 20.1. The Balaban J connectivity index is 1.79. The van der Waals surface area contributed by atoms with E-state index in [-0.39, 0.29) is 30.7 Å². The molecule has 11 nitrogen and oxygen atoms in total. The molecule has 1 saturated heterocycles. The van der Waals surface area contributed by atoms with Gasteiger partial charge in [-0.1, -0.05) is 50.2 Å². The molecule has 47 heavy (non-hydrogen) atoms. The van der Waals surface area contributed by atoms with Crippen LogP contribution < -0.4 is 25.6 Å². The minimum Gasteiger partial charge on any atom is -0.484 e. The first-order chi connectivity index (χ1) is 21.9. The first-order valence-corrected chi connectivity index (χ1v) is 16.9. The molecule has 4 N–H and O–H groups in total. The fourth-order valence-corrected chi connectivity index (χ4v) is 6.47. The summed E-state index contributed by atoms with van der Waals surface area (Å²) in [6.07, 6.45) is -1.51. The SMILES string of the molecule is CC(C)C(NC(=O)COc1cccc(N(C)C)c1)C(=O)N[C@@H](Cc1ccccc1)[C@H](O)C(=O)N1CSC(C)(C)C1C(=O)NC(C)(C)C. The third kappa shape index (κ3) is 10.6. The highest BCUT2D eigenvalue weighted by molar-refractivity contribution is 8.00. The zero-order valence-corrected chi connectivity index (χ0v) is 29.8. The number of nitrogens with one attached hydrogen (secondary N) is 3. The van der Waals surface area contributed by atoms with Crippen molar-refractivity contribution in [2.24, 2.45) is 5.92 Å². The number of ether oxygens (including phenoxy) is 1. The van der Waals surface area contributed by atoms with Gasteiger partial charge in [-0.15, -0.1) is 11.8 Å². The Hall–Kier alpha value is -3.77. The van der Waals surface area contributed by atoms with Crippen molar-refractivity contribution in [2.45, 2.75) is 89.4 Å². The Morgan fingerprint density at radius 1 is 1.04 bits per heavy atom. The van der Waals surface area contributed by atoms with Gasteiger partial charge in [0.1, 0.15) is 17.8 Å². The van der Waals surface area contributed by atoms with Gasteiger partial charge < -0.3 is 35.6 Å². The molecule has 0 spiro atoms. The minimum absolute atomic E-state index is 0.146. The first kappa shape index (κ1) is 37.7. The molecule has 2 aromatic rings. The molecular weight excluding hydrogens is 618 g/mol. The predicted octanol–water partition coefficient (Wildman–Crippen LogP) is 2.96. The van der Waals surface area contributed by atoms with Crippen LogP contribution in [0.2, 0.25) is 0 Å². The van der Waals surface area contributed by atoms with E-state index in [0.29, 0.717) is 5.75 Å². The highest BCUT2D eigenvalue weighted by Crippen LogP contribution is 2.40. The maximum Gasteiger partial charge on any atom is 0.258 e. The zero-order chi connectivity index (χ0) is 35.1. The number of aliphatic hydroxyl groups is 1. The van der Waals surface area contributed by atoms with Crippen molar-refractivity contribution in [1.29, 1.82) is 0 Å². The normalized spacial score (nSPS) is 17.8. The van der Waals surface area contributed by atoms with Gasteiger partial charge in [-0.25, -0.2) is 0 Å². The average Bonchev–Trinajstić information content (AvgIpc) is 3.32. The third-order valence-electron chi connectivity index (χ3n) is 7.81. The molecule has 12 heteroatoms. The van der Waals surface area contributed by atoms with Crippen molar-refractivity contribution in [3.05, 3.63) is 60.2 Å². The van der Waals surface area contributed by atoms with Gasteiger partial charge in [0.15, 0.2) is 12.7 Å². The van der Waals surface area contributed by atoms with Crippen molar-refractivity contribution in [3.8, 4) is 5.75 Å². The molecule has 0 saturated carbocycles. The second kappa shape index (κ2) is 15.9. The molecule has 2 aromatic carbocycles. The van der Waals surface area contributed by atoms with E-state index in [2.05, 4.69) is 16.0 Å². The number of anilines is 1. The molecule has 4 amide bonds. The number of carbonyl (C=O) groups is 4. The van der Waals surface area contributed by atoms with Gasteiger partial charge in [0.2, 0.25) is 11.8 Å². The first-order valence-electron chi connectivity index (χ1n) is 15.9. The highest BCUT2D eigenvalue weighted by atomic mass is 32.2. The molecule has 1 fully saturated rings. The van der Waals surface area contributed by atoms with Crippen LogP contribution in [-0.4, -0.2) is 94.7 Å². The van der Waals surface area contributed by atoms with Crippen LogP contribution in [0.25, 0.3) is 0 Å². The Bertz CT molecular complexity index is 1390. The zero-order valence-electron chi connectivity index (χ0n) is 29.0.